The molecule has 6 heteroatoms. The Morgan fingerprint density at radius 3 is 2.44 bits per heavy atom. The van der Waals surface area contributed by atoms with Gasteiger partial charge in [0, 0.05) is 6.26 Å². The van der Waals surface area contributed by atoms with Gasteiger partial charge in [-0.25, -0.2) is 12.8 Å². The molecule has 1 unspecified atom stereocenters. The Bertz CT molecular complexity index is 525. The summed E-state index contributed by atoms with van der Waals surface area (Å²) in [6.07, 6.45) is 0.923. The number of hydrogen-bond donors (Lipinski definition) is 0. The third kappa shape index (κ3) is 2.89. The summed E-state index contributed by atoms with van der Waals surface area (Å²) in [6, 6.07) is 3.60. The van der Waals surface area contributed by atoms with E-state index in [-0.39, 0.29) is 5.78 Å². The summed E-state index contributed by atoms with van der Waals surface area (Å²) in [5.74, 6) is -0.986. The maximum Gasteiger partial charge on any atom is 0.178 e. The largest absolute Gasteiger partial charge is 0.298 e. The molecule has 0 heterocycles. The van der Waals surface area contributed by atoms with Gasteiger partial charge in [-0.05, 0) is 24.6 Å². The number of alkyl halides is 1. The second kappa shape index (κ2) is 4.63. The molecule has 0 saturated carbocycles. The molecule has 3 nitrogen and oxygen atoms in total. The molecule has 1 rings (SSSR count). The Morgan fingerprint density at radius 2 is 2.00 bits per heavy atom. The molecular weight excluding hydrogens is 299 g/mol. The number of halogens is 2. The lowest BCUT2D eigenvalue weighted by atomic mass is 10.1. The van der Waals surface area contributed by atoms with Crippen LogP contribution < -0.4 is 0 Å². The first kappa shape index (κ1) is 13.3. The van der Waals surface area contributed by atoms with Crippen molar-refractivity contribution >= 4 is 31.6 Å². The van der Waals surface area contributed by atoms with Crippen LogP contribution in [0, 0.1) is 5.82 Å². The van der Waals surface area contributed by atoms with E-state index in [0.29, 0.717) is 5.56 Å². The van der Waals surface area contributed by atoms with Gasteiger partial charge in [-0.15, -0.1) is 0 Å². The van der Waals surface area contributed by atoms with Crippen molar-refractivity contribution in [2.45, 2.75) is 16.6 Å². The number of benzene rings is 1. The number of Topliss-reactive ketones (excluding diaryl/α,β-unsaturated/α-hetero) is 1. The lowest BCUT2D eigenvalue weighted by Gasteiger charge is -2.08. The summed E-state index contributed by atoms with van der Waals surface area (Å²) in [6.45, 7) is 1.36. The zero-order valence-electron chi connectivity index (χ0n) is 8.70. The van der Waals surface area contributed by atoms with Gasteiger partial charge in [-0.3, -0.25) is 4.79 Å². The van der Waals surface area contributed by atoms with Crippen molar-refractivity contribution < 1.29 is 17.6 Å². The Labute approximate surface area is 102 Å². The van der Waals surface area contributed by atoms with Crippen LogP contribution in [-0.4, -0.2) is 20.5 Å². The van der Waals surface area contributed by atoms with Crippen LogP contribution in [0.25, 0.3) is 0 Å². The van der Waals surface area contributed by atoms with Crippen LogP contribution in [0.5, 0.6) is 0 Å². The summed E-state index contributed by atoms with van der Waals surface area (Å²) < 4.78 is 35.8. The molecule has 0 fully saturated rings. The fourth-order valence-electron chi connectivity index (χ4n) is 1.20. The van der Waals surface area contributed by atoms with E-state index in [0.717, 1.165) is 12.3 Å². The van der Waals surface area contributed by atoms with Crippen LogP contribution >= 0.6 is 15.9 Å². The highest BCUT2D eigenvalue weighted by atomic mass is 79.9. The first-order valence-corrected chi connectivity index (χ1v) is 7.18. The topological polar surface area (TPSA) is 51.2 Å². The Morgan fingerprint density at radius 1 is 1.44 bits per heavy atom. The SMILES string of the molecule is CC(=O)C(Br)c1ccc(F)c(S(C)(=O)=O)c1. The highest BCUT2D eigenvalue weighted by Gasteiger charge is 2.18. The van der Waals surface area contributed by atoms with Crippen LogP contribution in [0.4, 0.5) is 4.39 Å². The number of hydrogen-bond acceptors (Lipinski definition) is 3. The van der Waals surface area contributed by atoms with Crippen LogP contribution in [0.2, 0.25) is 0 Å². The molecule has 0 spiro atoms. The van der Waals surface area contributed by atoms with E-state index < -0.39 is 25.4 Å². The van der Waals surface area contributed by atoms with E-state index in [1.807, 2.05) is 0 Å². The van der Waals surface area contributed by atoms with Crippen molar-refractivity contribution in [2.24, 2.45) is 0 Å². The molecule has 1 atom stereocenters. The minimum Gasteiger partial charge on any atom is -0.298 e. The molecule has 0 aromatic heterocycles. The van der Waals surface area contributed by atoms with Crippen molar-refractivity contribution in [1.29, 1.82) is 0 Å². The van der Waals surface area contributed by atoms with Crippen LogP contribution in [-0.2, 0) is 14.6 Å². The van der Waals surface area contributed by atoms with Gasteiger partial charge in [-0.2, -0.15) is 0 Å². The summed E-state index contributed by atoms with van der Waals surface area (Å²) >= 11 is 3.11. The molecule has 1 aromatic carbocycles. The molecule has 0 aliphatic rings. The second-order valence-corrected chi connectivity index (χ2v) is 6.34. The number of carbonyl (C=O) groups excluding carboxylic acids is 1. The van der Waals surface area contributed by atoms with Crippen molar-refractivity contribution in [3.63, 3.8) is 0 Å². The molecule has 1 aromatic rings. The molecule has 0 saturated heterocycles. The first-order chi connectivity index (χ1) is 7.23. The fourth-order valence-corrected chi connectivity index (χ4v) is 2.25. The molecular formula is C10H10BrFO3S. The van der Waals surface area contributed by atoms with E-state index in [1.54, 1.807) is 0 Å². The lowest BCUT2D eigenvalue weighted by molar-refractivity contribution is -0.116. The third-order valence-electron chi connectivity index (χ3n) is 2.00. The predicted octanol–water partition coefficient (Wildman–Crippen LogP) is 2.25. The Hall–Kier alpha value is -0.750. The summed E-state index contributed by atoms with van der Waals surface area (Å²) in [5.41, 5.74) is 0.425. The minimum absolute atomic E-state index is 0.175. The van der Waals surface area contributed by atoms with Gasteiger partial charge in [0.2, 0.25) is 0 Å². The standard InChI is InChI=1S/C10H10BrFO3S/c1-6(13)10(11)7-3-4-8(12)9(5-7)16(2,14)15/h3-5,10H,1-2H3. The molecule has 0 aliphatic carbocycles. The molecule has 0 N–H and O–H groups in total. The number of rotatable bonds is 3. The third-order valence-corrected chi connectivity index (χ3v) is 4.29. The van der Waals surface area contributed by atoms with Gasteiger partial charge < -0.3 is 0 Å². The highest BCUT2D eigenvalue weighted by molar-refractivity contribution is 9.09. The second-order valence-electron chi connectivity index (χ2n) is 3.44. The van der Waals surface area contributed by atoms with E-state index in [4.69, 9.17) is 0 Å². The van der Waals surface area contributed by atoms with Gasteiger partial charge in [0.25, 0.3) is 0 Å². The zero-order chi connectivity index (χ0) is 12.5. The van der Waals surface area contributed by atoms with E-state index in [2.05, 4.69) is 15.9 Å². The molecule has 0 amide bonds. The van der Waals surface area contributed by atoms with Crippen molar-refractivity contribution in [2.75, 3.05) is 6.26 Å². The monoisotopic (exact) mass is 308 g/mol. The number of ketones is 1. The maximum absolute atomic E-state index is 13.3. The average Bonchev–Trinajstić information content (AvgIpc) is 2.15. The predicted molar refractivity (Wildman–Crippen MR) is 61.9 cm³/mol. The molecule has 16 heavy (non-hydrogen) atoms. The molecule has 0 bridgehead atoms. The van der Waals surface area contributed by atoms with Gasteiger partial charge in [0.1, 0.15) is 16.5 Å². The summed E-state index contributed by atoms with van der Waals surface area (Å²) in [7, 11) is -3.62. The molecule has 0 radical (unpaired) electrons. The van der Waals surface area contributed by atoms with E-state index in [9.17, 15) is 17.6 Å². The smallest absolute Gasteiger partial charge is 0.178 e. The highest BCUT2D eigenvalue weighted by Crippen LogP contribution is 2.27. The van der Waals surface area contributed by atoms with Crippen LogP contribution in [0.3, 0.4) is 0 Å². The van der Waals surface area contributed by atoms with Crippen molar-refractivity contribution in [3.05, 3.63) is 29.6 Å². The van der Waals surface area contributed by atoms with Crippen LogP contribution in [0.15, 0.2) is 23.1 Å². The quantitative estimate of drug-likeness (QED) is 0.805. The summed E-state index contributed by atoms with van der Waals surface area (Å²) in [5, 5.41) is 0. The van der Waals surface area contributed by atoms with Gasteiger partial charge in [-0.1, -0.05) is 22.0 Å². The van der Waals surface area contributed by atoms with Crippen molar-refractivity contribution in [1.82, 2.24) is 0 Å². The van der Waals surface area contributed by atoms with E-state index >= 15 is 0 Å². The Kier molecular flexibility index (Phi) is 3.85. The number of sulfone groups is 1. The first-order valence-electron chi connectivity index (χ1n) is 4.37. The van der Waals surface area contributed by atoms with Crippen LogP contribution in [0.1, 0.15) is 17.3 Å². The van der Waals surface area contributed by atoms with Gasteiger partial charge in [0.05, 0.1) is 4.83 Å². The van der Waals surface area contributed by atoms with Crippen molar-refractivity contribution in [3.8, 4) is 0 Å². The minimum atomic E-state index is -3.62. The van der Waals surface area contributed by atoms with E-state index in [1.165, 1.54) is 19.1 Å². The lowest BCUT2D eigenvalue weighted by Crippen LogP contribution is -2.05. The maximum atomic E-state index is 13.3. The summed E-state index contributed by atoms with van der Waals surface area (Å²) in [4.78, 5) is 10.1. The average molecular weight is 309 g/mol. The Balaban J connectivity index is 3.34. The molecule has 88 valence electrons. The zero-order valence-corrected chi connectivity index (χ0v) is 11.1. The van der Waals surface area contributed by atoms with Gasteiger partial charge >= 0.3 is 0 Å². The van der Waals surface area contributed by atoms with Gasteiger partial charge in [0.15, 0.2) is 9.84 Å². The number of carbonyl (C=O) groups is 1. The normalized spacial score (nSPS) is 13.5. The fraction of sp³-hybridized carbons (Fsp3) is 0.300. The molecule has 0 aliphatic heterocycles.